The molecule has 5 nitrogen and oxygen atoms in total. The summed E-state index contributed by atoms with van der Waals surface area (Å²) >= 11 is 0. The smallest absolute Gasteiger partial charge is 0.260 e. The first kappa shape index (κ1) is 10.9. The Labute approximate surface area is 99.3 Å². The number of rotatable bonds is 4. The van der Waals surface area contributed by atoms with Crippen LogP contribution in [0.2, 0.25) is 0 Å². The minimum atomic E-state index is -0.362. The van der Waals surface area contributed by atoms with Crippen molar-refractivity contribution in [3.8, 4) is 0 Å². The highest BCUT2D eigenvalue weighted by Crippen LogP contribution is 2.45. The maximum absolute atomic E-state index is 12.0. The highest BCUT2D eigenvalue weighted by atomic mass is 16.7. The van der Waals surface area contributed by atoms with Crippen molar-refractivity contribution in [2.75, 3.05) is 6.61 Å². The minimum absolute atomic E-state index is 0.235. The minimum Gasteiger partial charge on any atom is -0.365 e. The molecule has 0 saturated carbocycles. The first-order valence-electron chi connectivity index (χ1n) is 6.08. The van der Waals surface area contributed by atoms with Gasteiger partial charge in [0.15, 0.2) is 0 Å². The third-order valence-electron chi connectivity index (χ3n) is 3.59. The topological polar surface area (TPSA) is 55.8 Å². The van der Waals surface area contributed by atoms with Crippen molar-refractivity contribution in [1.82, 2.24) is 5.06 Å². The van der Waals surface area contributed by atoms with Gasteiger partial charge in [-0.2, -0.15) is 5.06 Å². The number of hydrogen-bond acceptors (Lipinski definition) is 4. The number of imide groups is 1. The number of hydrogen-bond donors (Lipinski definition) is 0. The van der Waals surface area contributed by atoms with Gasteiger partial charge in [-0.15, -0.1) is 0 Å². The Balaban J connectivity index is 1.74. The van der Waals surface area contributed by atoms with Crippen LogP contribution in [0.25, 0.3) is 0 Å². The molecule has 4 atom stereocenters. The second-order valence-corrected chi connectivity index (χ2v) is 4.66. The van der Waals surface area contributed by atoms with Gasteiger partial charge in [0.05, 0.1) is 30.7 Å². The van der Waals surface area contributed by atoms with Crippen LogP contribution in [-0.2, 0) is 19.2 Å². The Morgan fingerprint density at radius 3 is 2.35 bits per heavy atom. The zero-order valence-electron chi connectivity index (χ0n) is 9.67. The average molecular weight is 237 g/mol. The summed E-state index contributed by atoms with van der Waals surface area (Å²) in [7, 11) is 0. The Morgan fingerprint density at radius 1 is 1.24 bits per heavy atom. The molecule has 3 aliphatic heterocycles. The van der Waals surface area contributed by atoms with Crippen molar-refractivity contribution in [2.45, 2.75) is 32.0 Å². The summed E-state index contributed by atoms with van der Waals surface area (Å²) in [6, 6.07) is 0. The van der Waals surface area contributed by atoms with E-state index in [4.69, 9.17) is 9.57 Å². The van der Waals surface area contributed by atoms with E-state index >= 15 is 0 Å². The van der Waals surface area contributed by atoms with Crippen molar-refractivity contribution >= 4 is 11.8 Å². The van der Waals surface area contributed by atoms with Crippen LogP contribution in [0.15, 0.2) is 12.2 Å². The van der Waals surface area contributed by atoms with Crippen molar-refractivity contribution in [3.63, 3.8) is 0 Å². The largest absolute Gasteiger partial charge is 0.365 e. The maximum atomic E-state index is 12.0. The molecule has 92 valence electrons. The lowest BCUT2D eigenvalue weighted by molar-refractivity contribution is -0.192. The average Bonchev–Trinajstić information content (AvgIpc) is 2.97. The summed E-state index contributed by atoms with van der Waals surface area (Å²) < 4.78 is 5.52. The van der Waals surface area contributed by atoms with E-state index < -0.39 is 0 Å². The van der Waals surface area contributed by atoms with Crippen LogP contribution in [0.5, 0.6) is 0 Å². The molecule has 3 heterocycles. The number of ether oxygens (including phenoxy) is 1. The van der Waals surface area contributed by atoms with Gasteiger partial charge in [-0.25, -0.2) is 0 Å². The highest BCUT2D eigenvalue weighted by molar-refractivity contribution is 6.05. The molecule has 0 unspecified atom stereocenters. The SMILES string of the molecule is CCCCON1C(=O)[C@@H]2[C@H](C1=O)[C@H]1C=C[C@H]2O1. The van der Waals surface area contributed by atoms with E-state index in [0.29, 0.717) is 6.61 Å². The molecular weight excluding hydrogens is 222 g/mol. The van der Waals surface area contributed by atoms with Gasteiger partial charge < -0.3 is 4.74 Å². The summed E-state index contributed by atoms with van der Waals surface area (Å²) in [5, 5.41) is 0.959. The Kier molecular flexibility index (Phi) is 2.52. The molecule has 0 aliphatic carbocycles. The molecular formula is C12H15NO4. The molecule has 2 saturated heterocycles. The quantitative estimate of drug-likeness (QED) is 0.409. The van der Waals surface area contributed by atoms with Crippen LogP contribution in [0.3, 0.4) is 0 Å². The van der Waals surface area contributed by atoms with E-state index in [1.54, 1.807) is 0 Å². The van der Waals surface area contributed by atoms with Gasteiger partial charge in [0.2, 0.25) is 0 Å². The van der Waals surface area contributed by atoms with E-state index in [1.165, 1.54) is 0 Å². The van der Waals surface area contributed by atoms with Gasteiger partial charge in [0.25, 0.3) is 11.8 Å². The van der Waals surface area contributed by atoms with Gasteiger partial charge in [0.1, 0.15) is 0 Å². The molecule has 2 amide bonds. The van der Waals surface area contributed by atoms with Crippen LogP contribution in [-0.4, -0.2) is 35.7 Å². The fourth-order valence-electron chi connectivity index (χ4n) is 2.70. The summed E-state index contributed by atoms with van der Waals surface area (Å²) in [5.41, 5.74) is 0. The first-order valence-corrected chi connectivity index (χ1v) is 6.08. The van der Waals surface area contributed by atoms with Gasteiger partial charge in [-0.1, -0.05) is 25.5 Å². The van der Waals surface area contributed by atoms with E-state index in [1.807, 2.05) is 19.1 Å². The molecule has 3 aliphatic rings. The monoisotopic (exact) mass is 237 g/mol. The lowest BCUT2D eigenvalue weighted by Crippen LogP contribution is -2.34. The number of unbranched alkanes of at least 4 members (excludes halogenated alkanes) is 1. The van der Waals surface area contributed by atoms with Crippen molar-refractivity contribution < 1.29 is 19.2 Å². The molecule has 0 spiro atoms. The summed E-state index contributed by atoms with van der Waals surface area (Å²) in [4.78, 5) is 29.4. The van der Waals surface area contributed by atoms with E-state index in [2.05, 4.69) is 0 Å². The van der Waals surface area contributed by atoms with Crippen molar-refractivity contribution in [2.24, 2.45) is 11.8 Å². The normalized spacial score (nSPS) is 38.3. The number of nitrogens with zero attached hydrogens (tertiary/aromatic N) is 1. The number of amides is 2. The molecule has 0 N–H and O–H groups in total. The van der Waals surface area contributed by atoms with E-state index in [0.717, 1.165) is 17.9 Å². The van der Waals surface area contributed by atoms with Crippen LogP contribution < -0.4 is 0 Å². The molecule has 0 aromatic carbocycles. The fraction of sp³-hybridized carbons (Fsp3) is 0.667. The molecule has 3 rings (SSSR count). The van der Waals surface area contributed by atoms with Crippen molar-refractivity contribution in [1.29, 1.82) is 0 Å². The van der Waals surface area contributed by atoms with Gasteiger partial charge >= 0.3 is 0 Å². The van der Waals surface area contributed by atoms with Gasteiger partial charge in [-0.05, 0) is 6.42 Å². The molecule has 0 aromatic heterocycles. The fourth-order valence-corrected chi connectivity index (χ4v) is 2.70. The summed E-state index contributed by atoms with van der Waals surface area (Å²) in [5.74, 6) is -1.21. The molecule has 5 heteroatoms. The van der Waals surface area contributed by atoms with Crippen LogP contribution >= 0.6 is 0 Å². The zero-order chi connectivity index (χ0) is 12.0. The third kappa shape index (κ3) is 1.46. The molecule has 0 aromatic rings. The summed E-state index contributed by atoms with van der Waals surface area (Å²) in [6.45, 7) is 2.45. The molecule has 17 heavy (non-hydrogen) atoms. The standard InChI is InChI=1S/C12H15NO4/c1-2-3-6-16-13-11(14)9-7-4-5-8(17-7)10(9)12(13)15/h4-5,7-10H,2-3,6H2,1H3/t7-,8-,9-,10+/m1/s1. The zero-order valence-corrected chi connectivity index (χ0v) is 9.67. The second-order valence-electron chi connectivity index (χ2n) is 4.66. The van der Waals surface area contributed by atoms with E-state index in [-0.39, 0.29) is 35.9 Å². The maximum Gasteiger partial charge on any atom is 0.260 e. The second kappa shape index (κ2) is 3.92. The number of carbonyl (C=O) groups excluding carboxylic acids is 2. The Morgan fingerprint density at radius 2 is 1.82 bits per heavy atom. The van der Waals surface area contributed by atoms with Crippen molar-refractivity contribution in [3.05, 3.63) is 12.2 Å². The van der Waals surface area contributed by atoms with Gasteiger partial charge in [-0.3, -0.25) is 14.4 Å². The predicted molar refractivity (Wildman–Crippen MR) is 57.5 cm³/mol. The number of carbonyl (C=O) groups is 2. The molecule has 0 radical (unpaired) electrons. The lowest BCUT2D eigenvalue weighted by atomic mass is 9.85. The highest BCUT2D eigenvalue weighted by Gasteiger charge is 2.61. The van der Waals surface area contributed by atoms with E-state index in [9.17, 15) is 9.59 Å². The Bertz CT molecular complexity index is 362. The number of hydroxylamine groups is 2. The van der Waals surface area contributed by atoms with Gasteiger partial charge in [0, 0.05) is 0 Å². The van der Waals surface area contributed by atoms with Crippen LogP contribution in [0, 0.1) is 11.8 Å². The third-order valence-corrected chi connectivity index (χ3v) is 3.59. The Hall–Kier alpha value is -1.20. The summed E-state index contributed by atoms with van der Waals surface area (Å²) in [6.07, 6.45) is 5.08. The van der Waals surface area contributed by atoms with Crippen LogP contribution in [0.4, 0.5) is 0 Å². The number of fused-ring (bicyclic) bond motifs is 5. The van der Waals surface area contributed by atoms with Crippen LogP contribution in [0.1, 0.15) is 19.8 Å². The first-order chi connectivity index (χ1) is 8.24. The molecule has 2 bridgehead atoms. The lowest BCUT2D eigenvalue weighted by Gasteiger charge is -2.16. The molecule has 2 fully saturated rings. The predicted octanol–water partition coefficient (Wildman–Crippen LogP) is 0.656.